The summed E-state index contributed by atoms with van der Waals surface area (Å²) in [4.78, 5) is 27.0. The highest BCUT2D eigenvalue weighted by Crippen LogP contribution is 2.37. The van der Waals surface area contributed by atoms with Crippen LogP contribution in [0.25, 0.3) is 0 Å². The number of amides is 2. The quantitative estimate of drug-likeness (QED) is 0.432. The molecule has 0 aliphatic heterocycles. The molecule has 0 spiro atoms. The first-order chi connectivity index (χ1) is 13.4. The van der Waals surface area contributed by atoms with Crippen molar-refractivity contribution in [3.63, 3.8) is 0 Å². The summed E-state index contributed by atoms with van der Waals surface area (Å²) in [7, 11) is 0. The summed E-state index contributed by atoms with van der Waals surface area (Å²) in [5, 5.41) is 7.70. The van der Waals surface area contributed by atoms with Gasteiger partial charge in [0.1, 0.15) is 5.00 Å². The molecule has 148 valence electrons. The molecule has 1 heterocycles. The fourth-order valence-corrected chi connectivity index (χ4v) is 4.72. The molecule has 2 N–H and O–H groups in total. The first-order valence-electron chi connectivity index (χ1n) is 9.71. The predicted molar refractivity (Wildman–Crippen MR) is 116 cm³/mol. The van der Waals surface area contributed by atoms with Crippen molar-refractivity contribution in [2.75, 3.05) is 5.32 Å². The molecule has 0 radical (unpaired) electrons. The van der Waals surface area contributed by atoms with Gasteiger partial charge in [-0.05, 0) is 70.6 Å². The van der Waals surface area contributed by atoms with Crippen LogP contribution in [0.15, 0.2) is 23.3 Å². The van der Waals surface area contributed by atoms with Crippen molar-refractivity contribution in [2.45, 2.75) is 59.8 Å². The van der Waals surface area contributed by atoms with Crippen LogP contribution in [0.2, 0.25) is 0 Å². The highest BCUT2D eigenvalue weighted by molar-refractivity contribution is 7.17. The number of hydrogen-bond donors (Lipinski definition) is 2. The molecule has 1 aliphatic carbocycles. The Kier molecular flexibility index (Phi) is 6.29. The first kappa shape index (κ1) is 20.3. The molecule has 1 aromatic heterocycles. The number of aryl methyl sites for hydroxylation is 3. The average molecular weight is 398 g/mol. The number of nitrogens with one attached hydrogen (secondary N) is 2. The monoisotopic (exact) mass is 397 g/mol. The smallest absolute Gasteiger partial charge is 0.274 e. The molecule has 0 fully saturated rings. The number of fused-ring (bicyclic) bond motifs is 1. The standard InChI is InChI=1S/C22H27N3O2S/c1-13(2)24-25-21(27)19-16-8-6-5-7-9-18(16)28-22(19)23-20(26)17-12-14(3)10-11-15(17)4/h10-12H,5-9H2,1-4H3,(H,23,26)(H,25,27). The maximum Gasteiger partial charge on any atom is 0.274 e. The van der Waals surface area contributed by atoms with Crippen molar-refractivity contribution in [3.05, 3.63) is 50.9 Å². The van der Waals surface area contributed by atoms with E-state index in [2.05, 4.69) is 15.8 Å². The number of hydrogen-bond acceptors (Lipinski definition) is 4. The van der Waals surface area contributed by atoms with Crippen LogP contribution in [-0.4, -0.2) is 17.5 Å². The van der Waals surface area contributed by atoms with Crippen LogP contribution in [0, 0.1) is 13.8 Å². The zero-order chi connectivity index (χ0) is 20.3. The minimum atomic E-state index is -0.253. The number of nitrogens with zero attached hydrogens (tertiary/aromatic N) is 1. The highest BCUT2D eigenvalue weighted by atomic mass is 32.1. The molecule has 0 saturated heterocycles. The molecule has 1 aromatic carbocycles. The maximum atomic E-state index is 12.9. The molecular weight excluding hydrogens is 370 g/mol. The van der Waals surface area contributed by atoms with E-state index < -0.39 is 0 Å². The fraction of sp³-hybridized carbons (Fsp3) is 0.409. The van der Waals surface area contributed by atoms with E-state index in [1.807, 2.05) is 45.9 Å². The van der Waals surface area contributed by atoms with E-state index >= 15 is 0 Å². The van der Waals surface area contributed by atoms with Crippen molar-refractivity contribution in [1.82, 2.24) is 5.43 Å². The first-order valence-corrected chi connectivity index (χ1v) is 10.5. The van der Waals surface area contributed by atoms with Crippen LogP contribution in [0.3, 0.4) is 0 Å². The van der Waals surface area contributed by atoms with Crippen molar-refractivity contribution in [2.24, 2.45) is 5.10 Å². The van der Waals surface area contributed by atoms with Crippen molar-refractivity contribution in [3.8, 4) is 0 Å². The Morgan fingerprint density at radius 3 is 2.54 bits per heavy atom. The van der Waals surface area contributed by atoms with E-state index in [0.717, 1.165) is 48.1 Å². The molecule has 0 atom stereocenters. The Labute approximate surface area is 170 Å². The lowest BCUT2D eigenvalue weighted by molar-refractivity contribution is 0.0955. The van der Waals surface area contributed by atoms with Gasteiger partial charge in [0.25, 0.3) is 11.8 Å². The van der Waals surface area contributed by atoms with E-state index in [0.29, 0.717) is 16.1 Å². The average Bonchev–Trinajstić information content (AvgIpc) is 2.82. The Morgan fingerprint density at radius 1 is 1.04 bits per heavy atom. The van der Waals surface area contributed by atoms with Gasteiger partial charge >= 0.3 is 0 Å². The number of anilines is 1. The van der Waals surface area contributed by atoms with E-state index in [1.54, 1.807) is 0 Å². The minimum Gasteiger partial charge on any atom is -0.313 e. The number of thiophene rings is 1. The molecule has 0 saturated carbocycles. The van der Waals surface area contributed by atoms with Gasteiger partial charge < -0.3 is 5.32 Å². The number of hydrazone groups is 1. The summed E-state index contributed by atoms with van der Waals surface area (Å²) in [6, 6.07) is 5.82. The third-order valence-corrected chi connectivity index (χ3v) is 6.10. The van der Waals surface area contributed by atoms with E-state index in [1.165, 1.54) is 22.6 Å². The van der Waals surface area contributed by atoms with Crippen molar-refractivity contribution >= 4 is 33.9 Å². The van der Waals surface area contributed by atoms with Crippen LogP contribution < -0.4 is 10.7 Å². The second kappa shape index (κ2) is 8.69. The van der Waals surface area contributed by atoms with Gasteiger partial charge in [-0.25, -0.2) is 5.43 Å². The summed E-state index contributed by atoms with van der Waals surface area (Å²) in [5.74, 6) is -0.432. The van der Waals surface area contributed by atoms with Gasteiger partial charge in [-0.15, -0.1) is 11.3 Å². The lowest BCUT2D eigenvalue weighted by Crippen LogP contribution is -2.22. The normalized spacial score (nSPS) is 13.3. The Morgan fingerprint density at radius 2 is 1.79 bits per heavy atom. The van der Waals surface area contributed by atoms with Gasteiger partial charge in [-0.2, -0.15) is 5.10 Å². The van der Waals surface area contributed by atoms with Crippen molar-refractivity contribution < 1.29 is 9.59 Å². The van der Waals surface area contributed by atoms with Gasteiger partial charge in [-0.1, -0.05) is 24.1 Å². The summed E-state index contributed by atoms with van der Waals surface area (Å²) in [5.41, 5.74) is 7.63. The van der Waals surface area contributed by atoms with Gasteiger partial charge in [0.05, 0.1) is 5.56 Å². The summed E-state index contributed by atoms with van der Waals surface area (Å²) in [6.07, 6.45) is 5.16. The number of benzene rings is 1. The summed E-state index contributed by atoms with van der Waals surface area (Å²) in [6.45, 7) is 7.55. The molecule has 2 amide bonds. The van der Waals surface area contributed by atoms with E-state index in [4.69, 9.17) is 0 Å². The summed E-state index contributed by atoms with van der Waals surface area (Å²) < 4.78 is 0. The molecule has 3 rings (SSSR count). The van der Waals surface area contributed by atoms with E-state index in [9.17, 15) is 9.59 Å². The second-order valence-corrected chi connectivity index (χ2v) is 8.65. The number of rotatable bonds is 4. The van der Waals surface area contributed by atoms with E-state index in [-0.39, 0.29) is 11.8 Å². The predicted octanol–water partition coefficient (Wildman–Crippen LogP) is 5.01. The lowest BCUT2D eigenvalue weighted by Gasteiger charge is -2.10. The minimum absolute atomic E-state index is 0.179. The zero-order valence-electron chi connectivity index (χ0n) is 16.9. The topological polar surface area (TPSA) is 70.6 Å². The van der Waals surface area contributed by atoms with Crippen LogP contribution in [0.1, 0.15) is 75.4 Å². The molecule has 0 unspecified atom stereocenters. The molecule has 0 bridgehead atoms. The lowest BCUT2D eigenvalue weighted by atomic mass is 10.0. The number of carbonyl (C=O) groups excluding carboxylic acids is 2. The molecule has 5 nitrogen and oxygen atoms in total. The molecule has 1 aliphatic rings. The third-order valence-electron chi connectivity index (χ3n) is 4.89. The van der Waals surface area contributed by atoms with Crippen LogP contribution in [-0.2, 0) is 12.8 Å². The summed E-state index contributed by atoms with van der Waals surface area (Å²) >= 11 is 1.53. The molecule has 2 aromatic rings. The Bertz CT molecular complexity index is 939. The highest BCUT2D eigenvalue weighted by Gasteiger charge is 2.26. The molecule has 28 heavy (non-hydrogen) atoms. The zero-order valence-corrected chi connectivity index (χ0v) is 17.8. The van der Waals surface area contributed by atoms with Crippen LogP contribution in [0.4, 0.5) is 5.00 Å². The van der Waals surface area contributed by atoms with Gasteiger partial charge in [0.2, 0.25) is 0 Å². The maximum absolute atomic E-state index is 12.9. The van der Waals surface area contributed by atoms with Gasteiger partial charge in [0, 0.05) is 16.2 Å². The number of carbonyl (C=O) groups is 2. The van der Waals surface area contributed by atoms with Crippen LogP contribution >= 0.6 is 11.3 Å². The van der Waals surface area contributed by atoms with Crippen LogP contribution in [0.5, 0.6) is 0 Å². The second-order valence-electron chi connectivity index (χ2n) is 7.54. The third kappa shape index (κ3) is 4.50. The molecule has 6 heteroatoms. The van der Waals surface area contributed by atoms with Gasteiger partial charge in [-0.3, -0.25) is 9.59 Å². The Hall–Kier alpha value is -2.47. The SMILES string of the molecule is CC(C)=NNC(=O)c1c(NC(=O)c2cc(C)ccc2C)sc2c1CCCCC2. The Balaban J connectivity index is 1.97. The molecular formula is C22H27N3O2S. The fourth-order valence-electron chi connectivity index (χ4n) is 3.44. The largest absolute Gasteiger partial charge is 0.313 e. The van der Waals surface area contributed by atoms with Gasteiger partial charge in [0.15, 0.2) is 0 Å². The van der Waals surface area contributed by atoms with Crippen molar-refractivity contribution in [1.29, 1.82) is 0 Å².